The predicted octanol–water partition coefficient (Wildman–Crippen LogP) is 2.09. The van der Waals surface area contributed by atoms with Gasteiger partial charge in [-0.05, 0) is 18.7 Å². The summed E-state index contributed by atoms with van der Waals surface area (Å²) in [5.41, 5.74) is 1.16. The Morgan fingerprint density at radius 1 is 1.46 bits per heavy atom. The molecule has 0 fully saturated rings. The van der Waals surface area contributed by atoms with Crippen molar-refractivity contribution in [1.29, 1.82) is 0 Å². The van der Waals surface area contributed by atoms with E-state index in [1.54, 1.807) is 0 Å². The van der Waals surface area contributed by atoms with E-state index in [1.165, 1.54) is 0 Å². The number of aliphatic imine (C=N–C) groups is 1. The first kappa shape index (κ1) is 9.65. The van der Waals surface area contributed by atoms with Gasteiger partial charge in [0.05, 0.1) is 0 Å². The van der Waals surface area contributed by atoms with Crippen LogP contribution in [0, 0.1) is 5.92 Å². The highest BCUT2D eigenvalue weighted by Crippen LogP contribution is 2.08. The third-order valence-electron chi connectivity index (χ3n) is 1.96. The standard InChI is InChI=1S/C11H13NO/c1-9(11(13)12-2)8-10-6-4-3-5-7-10/h3-7,9H,2,8H2,1H3/t9-/m0/s1. The van der Waals surface area contributed by atoms with Crippen LogP contribution in [0.25, 0.3) is 0 Å². The quantitative estimate of drug-likeness (QED) is 0.647. The Balaban J connectivity index is 2.60. The van der Waals surface area contributed by atoms with E-state index >= 15 is 0 Å². The van der Waals surface area contributed by atoms with E-state index in [0.717, 1.165) is 12.0 Å². The van der Waals surface area contributed by atoms with Crippen molar-refractivity contribution in [3.05, 3.63) is 35.9 Å². The molecule has 0 bridgehead atoms. The normalized spacial score (nSPS) is 12.1. The van der Waals surface area contributed by atoms with Gasteiger partial charge in [0.25, 0.3) is 0 Å². The van der Waals surface area contributed by atoms with Crippen molar-refractivity contribution in [3.8, 4) is 0 Å². The van der Waals surface area contributed by atoms with Gasteiger partial charge in [0, 0.05) is 5.92 Å². The van der Waals surface area contributed by atoms with Gasteiger partial charge in [-0.25, -0.2) is 4.99 Å². The van der Waals surface area contributed by atoms with E-state index in [1.807, 2.05) is 37.3 Å². The van der Waals surface area contributed by atoms with Crippen LogP contribution in [0.3, 0.4) is 0 Å². The molecular formula is C11H13NO. The van der Waals surface area contributed by atoms with Crippen molar-refractivity contribution in [2.24, 2.45) is 10.9 Å². The molecule has 2 heteroatoms. The van der Waals surface area contributed by atoms with Gasteiger partial charge in [0.15, 0.2) is 0 Å². The largest absolute Gasteiger partial charge is 0.272 e. The van der Waals surface area contributed by atoms with Crippen LogP contribution in [0.4, 0.5) is 0 Å². The van der Waals surface area contributed by atoms with Crippen LogP contribution < -0.4 is 0 Å². The number of rotatable bonds is 3. The number of nitrogens with zero attached hydrogens (tertiary/aromatic N) is 1. The van der Waals surface area contributed by atoms with E-state index in [2.05, 4.69) is 11.7 Å². The van der Waals surface area contributed by atoms with Gasteiger partial charge in [-0.3, -0.25) is 4.79 Å². The fraction of sp³-hybridized carbons (Fsp3) is 0.273. The van der Waals surface area contributed by atoms with Gasteiger partial charge in [0.1, 0.15) is 0 Å². The Kier molecular flexibility index (Phi) is 3.38. The molecule has 1 amide bonds. The minimum atomic E-state index is -0.135. The molecule has 1 aromatic carbocycles. The molecule has 1 atom stereocenters. The summed E-state index contributed by atoms with van der Waals surface area (Å²) in [5.74, 6) is -0.205. The highest BCUT2D eigenvalue weighted by atomic mass is 16.1. The smallest absolute Gasteiger partial charge is 0.248 e. The minimum Gasteiger partial charge on any atom is -0.272 e. The maximum Gasteiger partial charge on any atom is 0.248 e. The zero-order valence-electron chi connectivity index (χ0n) is 7.73. The zero-order valence-corrected chi connectivity index (χ0v) is 7.73. The zero-order chi connectivity index (χ0) is 9.68. The van der Waals surface area contributed by atoms with Crippen molar-refractivity contribution in [1.82, 2.24) is 0 Å². The summed E-state index contributed by atoms with van der Waals surface area (Å²) in [4.78, 5) is 14.5. The molecule has 0 saturated heterocycles. The predicted molar refractivity (Wildman–Crippen MR) is 53.9 cm³/mol. The summed E-state index contributed by atoms with van der Waals surface area (Å²) in [6.07, 6.45) is 0.735. The highest BCUT2D eigenvalue weighted by molar-refractivity contribution is 5.82. The second-order valence-corrected chi connectivity index (χ2v) is 3.09. The molecule has 68 valence electrons. The Hall–Kier alpha value is -1.44. The Morgan fingerprint density at radius 3 is 2.62 bits per heavy atom. The Bertz CT molecular complexity index is 292. The van der Waals surface area contributed by atoms with Gasteiger partial charge >= 0.3 is 0 Å². The number of hydrogen-bond donors (Lipinski definition) is 0. The van der Waals surface area contributed by atoms with Crippen molar-refractivity contribution >= 4 is 12.6 Å². The van der Waals surface area contributed by atoms with Crippen LogP contribution in [-0.2, 0) is 11.2 Å². The molecule has 0 saturated carbocycles. The molecular weight excluding hydrogens is 162 g/mol. The number of amides is 1. The van der Waals surface area contributed by atoms with Crippen LogP contribution >= 0.6 is 0 Å². The van der Waals surface area contributed by atoms with Crippen molar-refractivity contribution < 1.29 is 4.79 Å². The van der Waals surface area contributed by atoms with Gasteiger partial charge in [-0.15, -0.1) is 0 Å². The lowest BCUT2D eigenvalue weighted by Crippen LogP contribution is -2.10. The molecule has 0 N–H and O–H groups in total. The van der Waals surface area contributed by atoms with E-state index in [4.69, 9.17) is 0 Å². The number of carbonyl (C=O) groups is 1. The number of hydrogen-bond acceptors (Lipinski definition) is 1. The molecule has 0 aliphatic carbocycles. The molecule has 0 heterocycles. The van der Waals surface area contributed by atoms with E-state index in [0.29, 0.717) is 0 Å². The molecule has 13 heavy (non-hydrogen) atoms. The van der Waals surface area contributed by atoms with Gasteiger partial charge in [-0.2, -0.15) is 0 Å². The second kappa shape index (κ2) is 4.55. The molecule has 0 radical (unpaired) electrons. The molecule has 0 aliphatic rings. The SMILES string of the molecule is C=NC(=O)[C@@H](C)Cc1ccccc1. The minimum absolute atomic E-state index is 0.0695. The molecule has 0 spiro atoms. The number of carbonyl (C=O) groups excluding carboxylic acids is 1. The fourth-order valence-electron chi connectivity index (χ4n) is 1.21. The fourth-order valence-corrected chi connectivity index (χ4v) is 1.21. The van der Waals surface area contributed by atoms with Gasteiger partial charge < -0.3 is 0 Å². The summed E-state index contributed by atoms with van der Waals surface area (Å²) >= 11 is 0. The van der Waals surface area contributed by atoms with Crippen LogP contribution in [-0.4, -0.2) is 12.6 Å². The van der Waals surface area contributed by atoms with Gasteiger partial charge in [0.2, 0.25) is 5.91 Å². The molecule has 1 aromatic rings. The lowest BCUT2D eigenvalue weighted by atomic mass is 10.0. The first-order valence-corrected chi connectivity index (χ1v) is 4.28. The first-order chi connectivity index (χ1) is 6.24. The van der Waals surface area contributed by atoms with Crippen molar-refractivity contribution in [2.45, 2.75) is 13.3 Å². The van der Waals surface area contributed by atoms with Crippen LogP contribution in [0.2, 0.25) is 0 Å². The van der Waals surface area contributed by atoms with E-state index in [-0.39, 0.29) is 11.8 Å². The highest BCUT2D eigenvalue weighted by Gasteiger charge is 2.10. The topological polar surface area (TPSA) is 29.4 Å². The lowest BCUT2D eigenvalue weighted by molar-refractivity contribution is -0.120. The third-order valence-corrected chi connectivity index (χ3v) is 1.96. The summed E-state index contributed by atoms with van der Waals surface area (Å²) in [5, 5.41) is 0. The summed E-state index contributed by atoms with van der Waals surface area (Å²) in [7, 11) is 0. The molecule has 0 aromatic heterocycles. The summed E-state index contributed by atoms with van der Waals surface area (Å²) < 4.78 is 0. The summed E-state index contributed by atoms with van der Waals surface area (Å²) in [6, 6.07) is 9.91. The molecule has 1 rings (SSSR count). The second-order valence-electron chi connectivity index (χ2n) is 3.09. The van der Waals surface area contributed by atoms with Crippen LogP contribution in [0.1, 0.15) is 12.5 Å². The van der Waals surface area contributed by atoms with E-state index in [9.17, 15) is 4.79 Å². The van der Waals surface area contributed by atoms with Crippen molar-refractivity contribution in [2.75, 3.05) is 0 Å². The Labute approximate surface area is 78.3 Å². The Morgan fingerprint density at radius 2 is 2.08 bits per heavy atom. The maximum atomic E-state index is 11.1. The average Bonchev–Trinajstić information content (AvgIpc) is 2.18. The number of benzene rings is 1. The lowest BCUT2D eigenvalue weighted by Gasteiger charge is -2.05. The average molecular weight is 175 g/mol. The van der Waals surface area contributed by atoms with Crippen molar-refractivity contribution in [3.63, 3.8) is 0 Å². The first-order valence-electron chi connectivity index (χ1n) is 4.28. The monoisotopic (exact) mass is 175 g/mol. The third kappa shape index (κ3) is 2.82. The van der Waals surface area contributed by atoms with E-state index < -0.39 is 0 Å². The molecule has 2 nitrogen and oxygen atoms in total. The summed E-state index contributed by atoms with van der Waals surface area (Å²) in [6.45, 7) is 5.09. The van der Waals surface area contributed by atoms with Gasteiger partial charge in [-0.1, -0.05) is 37.3 Å². The molecule has 0 unspecified atom stereocenters. The van der Waals surface area contributed by atoms with Crippen LogP contribution in [0.5, 0.6) is 0 Å². The maximum absolute atomic E-state index is 11.1. The molecule has 0 aliphatic heterocycles. The van der Waals surface area contributed by atoms with Crippen LogP contribution in [0.15, 0.2) is 35.3 Å².